The zero-order chi connectivity index (χ0) is 24.6. The lowest BCUT2D eigenvalue weighted by Crippen LogP contribution is -2.51. The van der Waals surface area contributed by atoms with Crippen molar-refractivity contribution in [3.05, 3.63) is 45.8 Å². The van der Waals surface area contributed by atoms with Gasteiger partial charge in [0.25, 0.3) is 5.91 Å². The van der Waals surface area contributed by atoms with E-state index in [1.54, 1.807) is 29.3 Å². The van der Waals surface area contributed by atoms with E-state index in [4.69, 9.17) is 10.7 Å². The number of aryl methyl sites for hydroxylation is 2. The molecule has 1 amide bonds. The zero-order valence-corrected chi connectivity index (χ0v) is 19.7. The lowest BCUT2D eigenvalue weighted by molar-refractivity contribution is -0.0945. The third kappa shape index (κ3) is 3.37. The lowest BCUT2D eigenvalue weighted by Gasteiger charge is -2.54. The van der Waals surface area contributed by atoms with Gasteiger partial charge in [0, 0.05) is 18.8 Å². The average Bonchev–Trinajstić information content (AvgIpc) is 3.07. The van der Waals surface area contributed by atoms with E-state index in [1.165, 1.54) is 12.1 Å². The number of imidazole rings is 1. The number of fused-ring (bicyclic) bond motifs is 3. The van der Waals surface area contributed by atoms with Crippen LogP contribution in [0.3, 0.4) is 0 Å². The van der Waals surface area contributed by atoms with Crippen molar-refractivity contribution in [2.24, 2.45) is 36.5 Å². The first-order chi connectivity index (χ1) is 16.7. The van der Waals surface area contributed by atoms with Crippen LogP contribution in [0.2, 0.25) is 0 Å². The summed E-state index contributed by atoms with van der Waals surface area (Å²) in [5.74, 6) is 0.176. The maximum atomic E-state index is 14.4. The molecule has 3 bridgehead atoms. The zero-order valence-electron chi connectivity index (χ0n) is 19.7. The van der Waals surface area contributed by atoms with Gasteiger partial charge in [-0.2, -0.15) is 4.98 Å². The van der Waals surface area contributed by atoms with Gasteiger partial charge in [0.1, 0.15) is 11.3 Å². The first kappa shape index (κ1) is 22.2. The number of anilines is 2. The molecule has 2 heterocycles. The second-order valence-electron chi connectivity index (χ2n) is 10.5. The Morgan fingerprint density at radius 1 is 1.20 bits per heavy atom. The van der Waals surface area contributed by atoms with Gasteiger partial charge in [0.05, 0.1) is 17.9 Å². The number of aliphatic hydroxyl groups excluding tert-OH is 1. The molecule has 1 aromatic carbocycles. The van der Waals surface area contributed by atoms with Gasteiger partial charge < -0.3 is 16.2 Å². The molecule has 2 aromatic heterocycles. The van der Waals surface area contributed by atoms with Crippen LogP contribution in [0.25, 0.3) is 11.2 Å². The number of carbonyl (C=O) groups is 1. The van der Waals surface area contributed by atoms with Crippen LogP contribution < -0.4 is 16.7 Å². The van der Waals surface area contributed by atoms with E-state index in [0.29, 0.717) is 40.2 Å². The number of aliphatic hydroxyl groups is 1. The van der Waals surface area contributed by atoms with E-state index in [-0.39, 0.29) is 35.3 Å². The first-order valence-electron chi connectivity index (χ1n) is 12.2. The SMILES string of the molecule is Cc1cc(C(N)=O)c(F)cc1Nc1ncc2c(n1)n(C1CC3CC4CC(CCC41)C3O)c(=O)n2C. The standard InChI is InChI=1S/C25H29FN6O3/c1-11-5-16(22(27)34)17(26)9-18(11)29-24-28-10-20-23(30-24)32(25(35)31(20)2)19-8-14-7-13-6-12(21(14)33)3-4-15(13)19/h5,9-10,12-15,19,21,33H,3-4,6-8H2,1-2H3,(H2,27,34)(H,28,29,30). The highest BCUT2D eigenvalue weighted by Gasteiger charge is 2.51. The highest BCUT2D eigenvalue weighted by atomic mass is 19.1. The molecule has 6 atom stereocenters. The van der Waals surface area contributed by atoms with Gasteiger partial charge in [-0.05, 0) is 80.4 Å². The van der Waals surface area contributed by atoms with Crippen molar-refractivity contribution in [2.75, 3.05) is 5.32 Å². The van der Waals surface area contributed by atoms with Crippen LogP contribution in [-0.2, 0) is 7.05 Å². The van der Waals surface area contributed by atoms with Crippen LogP contribution in [0.15, 0.2) is 23.1 Å². The number of rotatable bonds is 4. The Kier molecular flexibility index (Phi) is 5.00. The number of halogens is 1. The molecular formula is C25H29FN6O3. The predicted octanol–water partition coefficient (Wildman–Crippen LogP) is 2.78. The number of hydrogen-bond donors (Lipinski definition) is 3. The Morgan fingerprint density at radius 3 is 2.74 bits per heavy atom. The largest absolute Gasteiger partial charge is 0.393 e. The number of nitrogens with zero attached hydrogens (tertiary/aromatic N) is 4. The van der Waals surface area contributed by atoms with Crippen molar-refractivity contribution < 1.29 is 14.3 Å². The average molecular weight is 481 g/mol. The summed E-state index contributed by atoms with van der Waals surface area (Å²) in [6.45, 7) is 1.73. The second kappa shape index (κ2) is 7.87. The minimum Gasteiger partial charge on any atom is -0.393 e. The lowest BCUT2D eigenvalue weighted by atomic mass is 9.55. The van der Waals surface area contributed by atoms with Gasteiger partial charge in [-0.1, -0.05) is 0 Å². The Hall–Kier alpha value is -3.27. The Labute approximate surface area is 201 Å². The summed E-state index contributed by atoms with van der Waals surface area (Å²) in [6.07, 6.45) is 6.15. The van der Waals surface area contributed by atoms with Crippen molar-refractivity contribution >= 4 is 28.7 Å². The van der Waals surface area contributed by atoms with Gasteiger partial charge >= 0.3 is 5.69 Å². The fourth-order valence-corrected chi connectivity index (χ4v) is 6.96. The predicted molar refractivity (Wildman–Crippen MR) is 128 cm³/mol. The number of primary amides is 1. The summed E-state index contributed by atoms with van der Waals surface area (Å²) in [5.41, 5.74) is 7.10. The fraction of sp³-hybridized carbons (Fsp3) is 0.520. The summed E-state index contributed by atoms with van der Waals surface area (Å²) in [7, 11) is 1.72. The number of hydrogen-bond acceptors (Lipinski definition) is 6. The van der Waals surface area contributed by atoms with Gasteiger partial charge in [-0.25, -0.2) is 14.2 Å². The molecule has 3 saturated carbocycles. The van der Waals surface area contributed by atoms with Crippen LogP contribution in [0.5, 0.6) is 0 Å². The number of carbonyl (C=O) groups excluding carboxylic acids is 1. The van der Waals surface area contributed by atoms with Gasteiger partial charge in [-0.15, -0.1) is 0 Å². The van der Waals surface area contributed by atoms with Crippen LogP contribution in [0.1, 0.15) is 54.1 Å². The van der Waals surface area contributed by atoms with E-state index in [0.717, 1.165) is 32.1 Å². The van der Waals surface area contributed by atoms with Crippen molar-refractivity contribution in [3.63, 3.8) is 0 Å². The van der Waals surface area contributed by atoms with E-state index in [2.05, 4.69) is 10.3 Å². The molecule has 9 nitrogen and oxygen atoms in total. The van der Waals surface area contributed by atoms with Crippen LogP contribution in [0.4, 0.5) is 16.0 Å². The molecule has 3 fully saturated rings. The first-order valence-corrected chi connectivity index (χ1v) is 12.2. The van der Waals surface area contributed by atoms with Crippen molar-refractivity contribution in [3.8, 4) is 0 Å². The molecule has 35 heavy (non-hydrogen) atoms. The molecule has 3 aromatic rings. The van der Waals surface area contributed by atoms with Crippen molar-refractivity contribution in [2.45, 2.75) is 51.2 Å². The summed E-state index contributed by atoms with van der Waals surface area (Å²) in [5, 5.41) is 13.9. The van der Waals surface area contributed by atoms with Crippen LogP contribution in [-0.4, -0.2) is 36.2 Å². The number of nitrogens with two attached hydrogens (primary N) is 1. The van der Waals surface area contributed by atoms with Gasteiger partial charge in [0.15, 0.2) is 5.65 Å². The van der Waals surface area contributed by atoms with Gasteiger partial charge in [-0.3, -0.25) is 13.9 Å². The monoisotopic (exact) mass is 480 g/mol. The highest BCUT2D eigenvalue weighted by Crippen LogP contribution is 2.56. The molecule has 0 saturated heterocycles. The molecular weight excluding hydrogens is 451 g/mol. The van der Waals surface area contributed by atoms with E-state index in [9.17, 15) is 19.1 Å². The fourth-order valence-electron chi connectivity index (χ4n) is 6.96. The molecule has 3 aliphatic rings. The maximum Gasteiger partial charge on any atom is 0.330 e. The summed E-state index contributed by atoms with van der Waals surface area (Å²) < 4.78 is 17.7. The Balaban J connectivity index is 1.41. The van der Waals surface area contributed by atoms with Crippen molar-refractivity contribution in [1.82, 2.24) is 19.1 Å². The van der Waals surface area contributed by atoms with Crippen LogP contribution >= 0.6 is 0 Å². The molecule has 0 aliphatic heterocycles. The highest BCUT2D eigenvalue weighted by molar-refractivity contribution is 5.94. The number of benzene rings is 1. The normalized spacial score (nSPS) is 29.5. The van der Waals surface area contributed by atoms with Crippen molar-refractivity contribution in [1.29, 1.82) is 0 Å². The second-order valence-corrected chi connectivity index (χ2v) is 10.5. The summed E-state index contributed by atoms with van der Waals surface area (Å²) in [6, 6.07) is 2.56. The van der Waals surface area contributed by atoms with E-state index in [1.807, 2.05) is 0 Å². The molecule has 4 N–H and O–H groups in total. The Morgan fingerprint density at radius 2 is 1.97 bits per heavy atom. The van der Waals surface area contributed by atoms with E-state index < -0.39 is 11.7 Å². The molecule has 0 radical (unpaired) electrons. The molecule has 184 valence electrons. The minimum absolute atomic E-state index is 0.0253. The number of nitrogens with one attached hydrogen (secondary N) is 1. The third-order valence-corrected chi connectivity index (χ3v) is 8.68. The molecule has 10 heteroatoms. The Bertz CT molecular complexity index is 1410. The van der Waals surface area contributed by atoms with Gasteiger partial charge in [0.2, 0.25) is 5.95 Å². The van der Waals surface area contributed by atoms with E-state index >= 15 is 0 Å². The molecule has 6 rings (SSSR count). The topological polar surface area (TPSA) is 128 Å². The number of aromatic nitrogens is 4. The summed E-state index contributed by atoms with van der Waals surface area (Å²) in [4.78, 5) is 33.9. The molecule has 6 unspecified atom stereocenters. The summed E-state index contributed by atoms with van der Waals surface area (Å²) >= 11 is 0. The minimum atomic E-state index is -0.834. The third-order valence-electron chi connectivity index (χ3n) is 8.68. The molecule has 3 aliphatic carbocycles. The smallest absolute Gasteiger partial charge is 0.330 e. The molecule has 0 spiro atoms. The quantitative estimate of drug-likeness (QED) is 0.527. The maximum absolute atomic E-state index is 14.4. The van der Waals surface area contributed by atoms with Crippen LogP contribution in [0, 0.1) is 36.4 Å². The number of amides is 1.